The lowest BCUT2D eigenvalue weighted by molar-refractivity contribution is -0.120. The van der Waals surface area contributed by atoms with E-state index in [1.54, 1.807) is 0 Å². The molecule has 0 aliphatic heterocycles. The van der Waals surface area contributed by atoms with Gasteiger partial charge >= 0.3 is 6.09 Å². The maximum Gasteiger partial charge on any atom is 0.407 e. The fraction of sp³-hybridized carbons (Fsp3) is 0.765. The molecule has 2 amide bonds. The second kappa shape index (κ2) is 12.1. The lowest BCUT2D eigenvalue weighted by Gasteiger charge is -2.19. The molecule has 0 aliphatic carbocycles. The Balaban J connectivity index is 3.51. The number of alkyl carbamates (subject to hydrolysis) is 1. The summed E-state index contributed by atoms with van der Waals surface area (Å²) < 4.78 is 5.13. The molecule has 0 aliphatic rings. The van der Waals surface area contributed by atoms with E-state index >= 15 is 0 Å². The van der Waals surface area contributed by atoms with E-state index in [-0.39, 0.29) is 12.0 Å². The molecule has 0 aromatic heterocycles. The fourth-order valence-corrected chi connectivity index (χ4v) is 1.71. The van der Waals surface area contributed by atoms with Crippen LogP contribution < -0.4 is 10.6 Å². The van der Waals surface area contributed by atoms with E-state index < -0.39 is 5.60 Å². The highest BCUT2D eigenvalue weighted by Gasteiger charge is 2.15. The molecule has 0 rings (SSSR count). The smallest absolute Gasteiger partial charge is 0.407 e. The van der Waals surface area contributed by atoms with Gasteiger partial charge in [0.15, 0.2) is 0 Å². The number of nitrogens with one attached hydrogen (secondary N) is 2. The lowest BCUT2D eigenvalue weighted by atomic mass is 10.2. The average molecular weight is 312 g/mol. The van der Waals surface area contributed by atoms with Crippen LogP contribution in [-0.4, -0.2) is 30.7 Å². The van der Waals surface area contributed by atoms with E-state index in [0.717, 1.165) is 38.6 Å². The number of hydrogen-bond acceptors (Lipinski definition) is 3. The first-order valence-corrected chi connectivity index (χ1v) is 8.23. The van der Waals surface area contributed by atoms with E-state index in [9.17, 15) is 9.59 Å². The number of amides is 2. The minimum absolute atomic E-state index is 0.0687. The molecule has 5 heteroatoms. The van der Waals surface area contributed by atoms with Crippen LogP contribution in [0.1, 0.15) is 66.2 Å². The summed E-state index contributed by atoms with van der Waals surface area (Å²) >= 11 is 0. The minimum atomic E-state index is -0.464. The summed E-state index contributed by atoms with van der Waals surface area (Å²) in [5.74, 6) is 0.0687. The van der Waals surface area contributed by atoms with E-state index in [4.69, 9.17) is 4.74 Å². The van der Waals surface area contributed by atoms with E-state index in [2.05, 4.69) is 17.6 Å². The van der Waals surface area contributed by atoms with Crippen LogP contribution in [0.5, 0.6) is 0 Å². The molecule has 5 nitrogen and oxygen atoms in total. The van der Waals surface area contributed by atoms with Crippen LogP contribution in [0.15, 0.2) is 12.2 Å². The van der Waals surface area contributed by atoms with Gasteiger partial charge in [-0.3, -0.25) is 4.79 Å². The van der Waals surface area contributed by atoms with Crippen LogP contribution in [0.4, 0.5) is 4.79 Å². The maximum atomic E-state index is 11.5. The zero-order valence-corrected chi connectivity index (χ0v) is 14.5. The van der Waals surface area contributed by atoms with Crippen LogP contribution in [0, 0.1) is 0 Å². The van der Waals surface area contributed by atoms with E-state index in [1.807, 2.05) is 32.9 Å². The molecule has 0 radical (unpaired) electrons. The van der Waals surface area contributed by atoms with Crippen molar-refractivity contribution in [1.82, 2.24) is 10.6 Å². The van der Waals surface area contributed by atoms with Crippen molar-refractivity contribution in [3.05, 3.63) is 12.2 Å². The SMILES string of the molecule is CCCCCNC(=O)C/C=C/CCCNC(=O)OC(C)(C)C. The van der Waals surface area contributed by atoms with Gasteiger partial charge in [-0.1, -0.05) is 31.9 Å². The summed E-state index contributed by atoms with van der Waals surface area (Å²) in [6, 6.07) is 0. The van der Waals surface area contributed by atoms with Gasteiger partial charge in [-0.25, -0.2) is 4.79 Å². The molecule has 0 aromatic carbocycles. The Hall–Kier alpha value is -1.52. The first kappa shape index (κ1) is 20.5. The molecule has 0 unspecified atom stereocenters. The largest absolute Gasteiger partial charge is 0.444 e. The Kier molecular flexibility index (Phi) is 11.2. The van der Waals surface area contributed by atoms with Crippen LogP contribution in [0.2, 0.25) is 0 Å². The number of ether oxygens (including phenoxy) is 1. The van der Waals surface area contributed by atoms with Gasteiger partial charge in [0.1, 0.15) is 5.60 Å². The third-order valence-electron chi connectivity index (χ3n) is 2.79. The molecule has 128 valence electrons. The van der Waals surface area contributed by atoms with Gasteiger partial charge in [0, 0.05) is 19.5 Å². The highest BCUT2D eigenvalue weighted by molar-refractivity contribution is 5.77. The van der Waals surface area contributed by atoms with Gasteiger partial charge < -0.3 is 15.4 Å². The quantitative estimate of drug-likeness (QED) is 0.479. The molecule has 2 N–H and O–H groups in total. The van der Waals surface area contributed by atoms with Crippen molar-refractivity contribution in [2.75, 3.05) is 13.1 Å². The summed E-state index contributed by atoms with van der Waals surface area (Å²) in [4.78, 5) is 22.9. The van der Waals surface area contributed by atoms with Gasteiger partial charge in [0.2, 0.25) is 5.91 Å². The predicted molar refractivity (Wildman–Crippen MR) is 89.8 cm³/mol. The minimum Gasteiger partial charge on any atom is -0.444 e. The normalized spacial score (nSPS) is 11.5. The van der Waals surface area contributed by atoms with Crippen molar-refractivity contribution in [1.29, 1.82) is 0 Å². The molecule has 22 heavy (non-hydrogen) atoms. The topological polar surface area (TPSA) is 67.4 Å². The summed E-state index contributed by atoms with van der Waals surface area (Å²) in [6.07, 6.45) is 8.91. The van der Waals surface area contributed by atoms with E-state index in [1.165, 1.54) is 0 Å². The Morgan fingerprint density at radius 3 is 2.32 bits per heavy atom. The zero-order chi connectivity index (χ0) is 16.8. The number of carbonyl (C=O) groups is 2. The monoisotopic (exact) mass is 312 g/mol. The van der Waals surface area contributed by atoms with E-state index in [0.29, 0.717) is 13.0 Å². The molecule has 0 saturated carbocycles. The Labute approximate surface area is 134 Å². The van der Waals surface area contributed by atoms with Crippen molar-refractivity contribution >= 4 is 12.0 Å². The molecule has 0 aromatic rings. The van der Waals surface area contributed by atoms with Gasteiger partial charge in [-0.15, -0.1) is 0 Å². The predicted octanol–water partition coefficient (Wildman–Crippen LogP) is 3.54. The van der Waals surface area contributed by atoms with Crippen molar-refractivity contribution in [2.45, 2.75) is 71.8 Å². The number of unbranched alkanes of at least 4 members (excludes halogenated alkanes) is 3. The van der Waals surface area contributed by atoms with Crippen LogP contribution >= 0.6 is 0 Å². The summed E-state index contributed by atoms with van der Waals surface area (Å²) in [5.41, 5.74) is -0.464. The highest BCUT2D eigenvalue weighted by Crippen LogP contribution is 2.06. The second-order valence-corrected chi connectivity index (χ2v) is 6.30. The Morgan fingerprint density at radius 1 is 1.00 bits per heavy atom. The first-order chi connectivity index (χ1) is 10.3. The standard InChI is InChI=1S/C17H32N2O3/c1-5-6-10-13-18-15(20)12-9-7-8-11-14-19-16(21)22-17(2,3)4/h7,9H,5-6,8,10-14H2,1-4H3,(H,18,20)(H,19,21)/b9-7+. The van der Waals surface area contributed by atoms with Crippen molar-refractivity contribution in [3.8, 4) is 0 Å². The van der Waals surface area contributed by atoms with Gasteiger partial charge in [0.05, 0.1) is 0 Å². The highest BCUT2D eigenvalue weighted by atomic mass is 16.6. The Morgan fingerprint density at radius 2 is 1.68 bits per heavy atom. The van der Waals surface area contributed by atoms with Crippen LogP contribution in [0.3, 0.4) is 0 Å². The molecule has 0 atom stereocenters. The first-order valence-electron chi connectivity index (χ1n) is 8.23. The number of carbonyl (C=O) groups excluding carboxylic acids is 2. The molecular weight excluding hydrogens is 280 g/mol. The molecule has 0 saturated heterocycles. The number of hydrogen-bond donors (Lipinski definition) is 2. The molecule has 0 heterocycles. The Bertz CT molecular complexity index is 346. The number of allylic oxidation sites excluding steroid dienone is 1. The number of rotatable bonds is 10. The van der Waals surface area contributed by atoms with Crippen LogP contribution in [0.25, 0.3) is 0 Å². The molecule has 0 bridgehead atoms. The van der Waals surface area contributed by atoms with Crippen molar-refractivity contribution in [2.24, 2.45) is 0 Å². The molecule has 0 spiro atoms. The summed E-state index contributed by atoms with van der Waals surface area (Å²) in [7, 11) is 0. The van der Waals surface area contributed by atoms with Crippen molar-refractivity contribution < 1.29 is 14.3 Å². The lowest BCUT2D eigenvalue weighted by Crippen LogP contribution is -2.32. The van der Waals surface area contributed by atoms with Gasteiger partial charge in [-0.2, -0.15) is 0 Å². The third kappa shape index (κ3) is 14.9. The van der Waals surface area contributed by atoms with Gasteiger partial charge in [-0.05, 0) is 40.0 Å². The van der Waals surface area contributed by atoms with Gasteiger partial charge in [0.25, 0.3) is 0 Å². The molecular formula is C17H32N2O3. The molecule has 0 fully saturated rings. The third-order valence-corrected chi connectivity index (χ3v) is 2.79. The average Bonchev–Trinajstić information content (AvgIpc) is 2.40. The van der Waals surface area contributed by atoms with Crippen molar-refractivity contribution in [3.63, 3.8) is 0 Å². The maximum absolute atomic E-state index is 11.5. The zero-order valence-electron chi connectivity index (χ0n) is 14.5. The second-order valence-electron chi connectivity index (χ2n) is 6.30. The summed E-state index contributed by atoms with van der Waals surface area (Å²) in [6.45, 7) is 8.98. The fourth-order valence-electron chi connectivity index (χ4n) is 1.71. The summed E-state index contributed by atoms with van der Waals surface area (Å²) in [5, 5.41) is 5.60. The van der Waals surface area contributed by atoms with Crippen LogP contribution in [-0.2, 0) is 9.53 Å².